The Hall–Kier alpha value is -1.73. The van der Waals surface area contributed by atoms with Gasteiger partial charge in [0, 0.05) is 6.42 Å². The summed E-state index contributed by atoms with van der Waals surface area (Å²) >= 11 is 0. The lowest BCUT2D eigenvalue weighted by atomic mass is 9.77. The first kappa shape index (κ1) is 15.2. The maximum atomic E-state index is 12.3. The first-order valence-electron chi connectivity index (χ1n) is 7.30. The van der Waals surface area contributed by atoms with E-state index in [1.54, 1.807) is 24.3 Å². The van der Waals surface area contributed by atoms with E-state index >= 15 is 0 Å². The van der Waals surface area contributed by atoms with E-state index in [1.807, 2.05) is 6.92 Å². The molecule has 2 N–H and O–H groups in total. The molecule has 0 atom stereocenters. The molecule has 1 heterocycles. The molecule has 1 aliphatic carbocycles. The van der Waals surface area contributed by atoms with Gasteiger partial charge in [0.2, 0.25) is 5.89 Å². The second kappa shape index (κ2) is 5.48. The molecular formula is C15H19N3O3S. The van der Waals surface area contributed by atoms with E-state index < -0.39 is 15.4 Å². The van der Waals surface area contributed by atoms with Crippen LogP contribution in [0.4, 0.5) is 0 Å². The van der Waals surface area contributed by atoms with Crippen molar-refractivity contribution >= 4 is 9.84 Å². The Balaban J connectivity index is 1.68. The number of hydrogen-bond donors (Lipinski definition) is 1. The van der Waals surface area contributed by atoms with Crippen LogP contribution in [-0.4, -0.2) is 24.3 Å². The van der Waals surface area contributed by atoms with Gasteiger partial charge in [-0.3, -0.25) is 0 Å². The number of rotatable bonds is 5. The van der Waals surface area contributed by atoms with Crippen molar-refractivity contribution in [2.24, 2.45) is 5.73 Å². The van der Waals surface area contributed by atoms with Crippen molar-refractivity contribution in [3.05, 3.63) is 41.5 Å². The zero-order valence-corrected chi connectivity index (χ0v) is 13.3. The standard InChI is InChI=1S/C15H19N3O3S/c1-11-3-5-12(6-4-11)22(19,20)10-7-13-17-14(18-21-13)15(16)8-2-9-15/h3-6H,2,7-10,16H2,1H3. The van der Waals surface area contributed by atoms with Gasteiger partial charge in [-0.05, 0) is 38.3 Å². The van der Waals surface area contributed by atoms with Crippen LogP contribution in [0.25, 0.3) is 0 Å². The molecule has 1 saturated carbocycles. The average molecular weight is 321 g/mol. The maximum Gasteiger partial charge on any atom is 0.227 e. The molecular weight excluding hydrogens is 302 g/mol. The Labute approximate surface area is 129 Å². The molecule has 0 bridgehead atoms. The average Bonchev–Trinajstić information content (AvgIpc) is 2.92. The Morgan fingerprint density at radius 3 is 2.55 bits per heavy atom. The molecule has 0 unspecified atom stereocenters. The summed E-state index contributed by atoms with van der Waals surface area (Å²) in [7, 11) is -3.35. The number of hydrogen-bond acceptors (Lipinski definition) is 6. The van der Waals surface area contributed by atoms with Gasteiger partial charge in [0.25, 0.3) is 0 Å². The molecule has 2 aromatic rings. The summed E-state index contributed by atoms with van der Waals surface area (Å²) in [5.41, 5.74) is 6.66. The van der Waals surface area contributed by atoms with E-state index in [9.17, 15) is 8.42 Å². The van der Waals surface area contributed by atoms with Crippen LogP contribution < -0.4 is 5.73 Å². The highest BCUT2D eigenvalue weighted by molar-refractivity contribution is 7.91. The van der Waals surface area contributed by atoms with E-state index in [0.717, 1.165) is 24.8 Å². The zero-order chi connectivity index (χ0) is 15.8. The first-order chi connectivity index (χ1) is 10.4. The Morgan fingerprint density at radius 2 is 1.95 bits per heavy atom. The molecule has 0 saturated heterocycles. The summed E-state index contributed by atoms with van der Waals surface area (Å²) in [5.74, 6) is 0.749. The van der Waals surface area contributed by atoms with Crippen molar-refractivity contribution in [1.82, 2.24) is 10.1 Å². The molecule has 6 nitrogen and oxygen atoms in total. The topological polar surface area (TPSA) is 99.1 Å². The monoisotopic (exact) mass is 321 g/mol. The van der Waals surface area contributed by atoms with Crippen molar-refractivity contribution in [2.45, 2.75) is 43.0 Å². The molecule has 22 heavy (non-hydrogen) atoms. The highest BCUT2D eigenvalue weighted by atomic mass is 32.2. The zero-order valence-electron chi connectivity index (χ0n) is 12.4. The van der Waals surface area contributed by atoms with E-state index in [1.165, 1.54) is 0 Å². The van der Waals surface area contributed by atoms with Crippen LogP contribution in [0, 0.1) is 6.92 Å². The van der Waals surface area contributed by atoms with Crippen LogP contribution >= 0.6 is 0 Å². The van der Waals surface area contributed by atoms with Crippen LogP contribution in [0.1, 0.15) is 36.5 Å². The second-order valence-electron chi connectivity index (χ2n) is 5.90. The van der Waals surface area contributed by atoms with Crippen LogP contribution in [-0.2, 0) is 21.8 Å². The van der Waals surface area contributed by atoms with Crippen LogP contribution in [0.5, 0.6) is 0 Å². The lowest BCUT2D eigenvalue weighted by Crippen LogP contribution is -2.44. The van der Waals surface area contributed by atoms with Gasteiger partial charge in [0.05, 0.1) is 16.2 Å². The fraction of sp³-hybridized carbons (Fsp3) is 0.467. The van der Waals surface area contributed by atoms with Crippen molar-refractivity contribution in [2.75, 3.05) is 5.75 Å². The number of benzene rings is 1. The highest BCUT2D eigenvalue weighted by Gasteiger charge is 2.39. The largest absolute Gasteiger partial charge is 0.339 e. The predicted octanol–water partition coefficient (Wildman–Crippen LogP) is 1.73. The molecule has 1 aliphatic rings. The third-order valence-corrected chi connectivity index (χ3v) is 5.86. The number of nitrogens with two attached hydrogens (primary N) is 1. The molecule has 0 radical (unpaired) electrons. The minimum absolute atomic E-state index is 0.0603. The number of aromatic nitrogens is 2. The van der Waals surface area contributed by atoms with Crippen molar-refractivity contribution < 1.29 is 12.9 Å². The fourth-order valence-electron chi connectivity index (χ4n) is 2.43. The second-order valence-corrected chi connectivity index (χ2v) is 8.01. The molecule has 1 aromatic carbocycles. The number of aryl methyl sites for hydroxylation is 2. The maximum absolute atomic E-state index is 12.3. The summed E-state index contributed by atoms with van der Waals surface area (Å²) in [6.07, 6.45) is 2.93. The van der Waals surface area contributed by atoms with Crippen molar-refractivity contribution in [3.63, 3.8) is 0 Å². The molecule has 1 fully saturated rings. The Bertz CT molecular complexity index is 762. The van der Waals surface area contributed by atoms with Crippen LogP contribution in [0.15, 0.2) is 33.7 Å². The van der Waals surface area contributed by atoms with Gasteiger partial charge < -0.3 is 10.3 Å². The Kier molecular flexibility index (Phi) is 3.78. The van der Waals surface area contributed by atoms with E-state index in [2.05, 4.69) is 10.1 Å². The third kappa shape index (κ3) is 2.91. The summed E-state index contributed by atoms with van der Waals surface area (Å²) < 4.78 is 29.7. The minimum Gasteiger partial charge on any atom is -0.339 e. The third-order valence-electron chi connectivity index (χ3n) is 4.12. The summed E-state index contributed by atoms with van der Waals surface area (Å²) in [4.78, 5) is 4.56. The molecule has 0 amide bonds. The van der Waals surface area contributed by atoms with Crippen molar-refractivity contribution in [3.8, 4) is 0 Å². The quantitative estimate of drug-likeness (QED) is 0.900. The molecule has 118 valence electrons. The predicted molar refractivity (Wildman–Crippen MR) is 81.0 cm³/mol. The van der Waals surface area contributed by atoms with Gasteiger partial charge in [0.1, 0.15) is 0 Å². The number of nitrogens with zero attached hydrogens (tertiary/aromatic N) is 2. The fourth-order valence-corrected chi connectivity index (χ4v) is 3.65. The molecule has 7 heteroatoms. The minimum atomic E-state index is -3.35. The normalized spacial score (nSPS) is 17.2. The van der Waals surface area contributed by atoms with Crippen LogP contribution in [0.3, 0.4) is 0 Å². The van der Waals surface area contributed by atoms with Crippen molar-refractivity contribution in [1.29, 1.82) is 0 Å². The smallest absolute Gasteiger partial charge is 0.227 e. The van der Waals surface area contributed by atoms with E-state index in [-0.39, 0.29) is 12.2 Å². The summed E-state index contributed by atoms with van der Waals surface area (Å²) in [6.45, 7) is 1.92. The summed E-state index contributed by atoms with van der Waals surface area (Å²) in [6, 6.07) is 6.80. The van der Waals surface area contributed by atoms with Gasteiger partial charge in [-0.1, -0.05) is 22.9 Å². The van der Waals surface area contributed by atoms with E-state index in [0.29, 0.717) is 16.6 Å². The highest BCUT2D eigenvalue weighted by Crippen LogP contribution is 2.36. The molecule has 0 spiro atoms. The van der Waals surface area contributed by atoms with E-state index in [4.69, 9.17) is 10.3 Å². The lowest BCUT2D eigenvalue weighted by Gasteiger charge is -2.34. The van der Waals surface area contributed by atoms with Gasteiger partial charge in [-0.25, -0.2) is 8.42 Å². The van der Waals surface area contributed by atoms with Crippen LogP contribution in [0.2, 0.25) is 0 Å². The first-order valence-corrected chi connectivity index (χ1v) is 8.96. The lowest BCUT2D eigenvalue weighted by molar-refractivity contribution is 0.229. The van der Waals surface area contributed by atoms with Gasteiger partial charge in [0.15, 0.2) is 15.7 Å². The van der Waals surface area contributed by atoms with Gasteiger partial charge >= 0.3 is 0 Å². The summed E-state index contributed by atoms with van der Waals surface area (Å²) in [5, 5.41) is 3.89. The molecule has 0 aliphatic heterocycles. The molecule has 3 rings (SSSR count). The number of sulfone groups is 1. The molecule has 1 aromatic heterocycles. The van der Waals surface area contributed by atoms with Gasteiger partial charge in [-0.2, -0.15) is 4.98 Å². The Morgan fingerprint density at radius 1 is 1.27 bits per heavy atom. The van der Waals surface area contributed by atoms with Gasteiger partial charge in [-0.15, -0.1) is 0 Å². The SMILES string of the molecule is Cc1ccc(S(=O)(=O)CCc2nc(C3(N)CCC3)no2)cc1.